The molecule has 0 aliphatic heterocycles. The summed E-state index contributed by atoms with van der Waals surface area (Å²) in [6, 6.07) is 4.90. The maximum Gasteiger partial charge on any atom is 0.219 e. The predicted octanol–water partition coefficient (Wildman–Crippen LogP) is 3.00. The number of hydrogen-bond acceptors (Lipinski definition) is 3. The third-order valence-corrected chi connectivity index (χ3v) is 2.25. The van der Waals surface area contributed by atoms with Crippen molar-refractivity contribution in [1.82, 2.24) is 0 Å². The molecule has 0 amide bonds. The first-order valence-electron chi connectivity index (χ1n) is 3.82. The second-order valence-electron chi connectivity index (χ2n) is 2.49. The number of methoxy groups -OCH3 is 1. The molecule has 1 rings (SSSR count). The van der Waals surface area contributed by atoms with E-state index in [2.05, 4.69) is 4.74 Å². The molecule has 1 aromatic carbocycles. The summed E-state index contributed by atoms with van der Waals surface area (Å²) in [6.07, 6.45) is 0. The van der Waals surface area contributed by atoms with Crippen molar-refractivity contribution in [2.75, 3.05) is 13.7 Å². The van der Waals surface area contributed by atoms with Crippen LogP contribution in [0.25, 0.3) is 0 Å². The van der Waals surface area contributed by atoms with Gasteiger partial charge in [0.05, 0.1) is 17.2 Å². The van der Waals surface area contributed by atoms with Crippen molar-refractivity contribution in [3.63, 3.8) is 0 Å². The van der Waals surface area contributed by atoms with Crippen molar-refractivity contribution >= 4 is 29.1 Å². The van der Waals surface area contributed by atoms with Crippen LogP contribution in [0.3, 0.4) is 0 Å². The van der Waals surface area contributed by atoms with Crippen molar-refractivity contribution < 1.29 is 9.47 Å². The number of hydrogen-bond donors (Lipinski definition) is 1. The molecular weight excluding hydrogens is 225 g/mol. The Morgan fingerprint density at radius 3 is 2.64 bits per heavy atom. The van der Waals surface area contributed by atoms with E-state index in [0.717, 1.165) is 0 Å². The van der Waals surface area contributed by atoms with Gasteiger partial charge in [0.2, 0.25) is 5.90 Å². The van der Waals surface area contributed by atoms with Crippen molar-refractivity contribution in [2.24, 2.45) is 0 Å². The van der Waals surface area contributed by atoms with E-state index in [0.29, 0.717) is 15.8 Å². The minimum Gasteiger partial charge on any atom is -0.484 e. The monoisotopic (exact) mass is 233 g/mol. The average molecular weight is 234 g/mol. The third kappa shape index (κ3) is 3.09. The lowest BCUT2D eigenvalue weighted by Gasteiger charge is -2.06. The summed E-state index contributed by atoms with van der Waals surface area (Å²) in [4.78, 5) is 0. The normalized spacial score (nSPS) is 9.64. The SMILES string of the molecule is COC(=N)COc1ccc(Cl)c(Cl)c1. The number of ether oxygens (including phenoxy) is 2. The molecule has 1 aromatic rings. The molecule has 1 N–H and O–H groups in total. The second kappa shape index (κ2) is 5.08. The van der Waals surface area contributed by atoms with Crippen molar-refractivity contribution in [2.45, 2.75) is 0 Å². The molecule has 0 unspecified atom stereocenters. The fourth-order valence-corrected chi connectivity index (χ4v) is 1.06. The molecular formula is C9H9Cl2NO2. The molecule has 0 aliphatic rings. The van der Waals surface area contributed by atoms with Gasteiger partial charge in [-0.3, -0.25) is 5.41 Å². The Kier molecular flexibility index (Phi) is 4.04. The summed E-state index contributed by atoms with van der Waals surface area (Å²) in [5.41, 5.74) is 0. The topological polar surface area (TPSA) is 42.3 Å². The summed E-state index contributed by atoms with van der Waals surface area (Å²) in [5, 5.41) is 8.07. The Labute approximate surface area is 92.0 Å². The van der Waals surface area contributed by atoms with E-state index in [1.54, 1.807) is 18.2 Å². The molecule has 0 fully saturated rings. The minimum absolute atomic E-state index is 0.0519. The zero-order valence-corrected chi connectivity index (χ0v) is 9.02. The van der Waals surface area contributed by atoms with Gasteiger partial charge in [-0.25, -0.2) is 0 Å². The summed E-state index contributed by atoms with van der Waals surface area (Å²) in [6.45, 7) is 0.0778. The Morgan fingerprint density at radius 1 is 1.36 bits per heavy atom. The summed E-state index contributed by atoms with van der Waals surface area (Å²) in [7, 11) is 1.42. The van der Waals surface area contributed by atoms with E-state index in [-0.39, 0.29) is 12.5 Å². The molecule has 76 valence electrons. The van der Waals surface area contributed by atoms with E-state index >= 15 is 0 Å². The third-order valence-electron chi connectivity index (χ3n) is 1.51. The van der Waals surface area contributed by atoms with Gasteiger partial charge in [0.15, 0.2) is 6.61 Å². The number of rotatable bonds is 3. The first-order chi connectivity index (χ1) is 6.63. The highest BCUT2D eigenvalue weighted by atomic mass is 35.5. The lowest BCUT2D eigenvalue weighted by atomic mass is 10.3. The van der Waals surface area contributed by atoms with E-state index < -0.39 is 0 Å². The molecule has 0 spiro atoms. The average Bonchev–Trinajstić information content (AvgIpc) is 2.19. The maximum absolute atomic E-state index is 7.18. The Hall–Kier alpha value is -0.930. The quantitative estimate of drug-likeness (QED) is 0.645. The van der Waals surface area contributed by atoms with Crippen molar-refractivity contribution in [3.8, 4) is 5.75 Å². The van der Waals surface area contributed by atoms with Crippen LogP contribution in [-0.4, -0.2) is 19.6 Å². The van der Waals surface area contributed by atoms with Crippen LogP contribution >= 0.6 is 23.2 Å². The molecule has 0 saturated heterocycles. The smallest absolute Gasteiger partial charge is 0.219 e. The highest BCUT2D eigenvalue weighted by Crippen LogP contribution is 2.26. The van der Waals surface area contributed by atoms with Gasteiger partial charge in [-0.1, -0.05) is 23.2 Å². The van der Waals surface area contributed by atoms with Crippen LogP contribution in [0.15, 0.2) is 18.2 Å². The lowest BCUT2D eigenvalue weighted by molar-refractivity contribution is 0.309. The van der Waals surface area contributed by atoms with Crippen molar-refractivity contribution in [1.29, 1.82) is 5.41 Å². The van der Waals surface area contributed by atoms with Crippen molar-refractivity contribution in [3.05, 3.63) is 28.2 Å². The largest absolute Gasteiger partial charge is 0.484 e. The summed E-state index contributed by atoms with van der Waals surface area (Å²) >= 11 is 11.5. The van der Waals surface area contributed by atoms with Gasteiger partial charge in [-0.05, 0) is 12.1 Å². The standard InChI is InChI=1S/C9H9Cl2NO2/c1-13-9(12)5-14-6-2-3-7(10)8(11)4-6/h2-4,12H,5H2,1H3. The number of halogens is 2. The van der Waals surface area contributed by atoms with Gasteiger partial charge in [0.1, 0.15) is 5.75 Å². The van der Waals surface area contributed by atoms with Gasteiger partial charge in [-0.15, -0.1) is 0 Å². The van der Waals surface area contributed by atoms with Crippen LogP contribution in [0, 0.1) is 5.41 Å². The molecule has 0 bridgehead atoms. The van der Waals surface area contributed by atoms with Crippen LogP contribution in [-0.2, 0) is 4.74 Å². The van der Waals surface area contributed by atoms with Gasteiger partial charge in [0.25, 0.3) is 0 Å². The summed E-state index contributed by atoms with van der Waals surface area (Å²) in [5.74, 6) is 0.609. The van der Waals surface area contributed by atoms with E-state index in [4.69, 9.17) is 33.3 Å². The highest BCUT2D eigenvalue weighted by Gasteiger charge is 2.01. The molecule has 0 atom stereocenters. The molecule has 14 heavy (non-hydrogen) atoms. The molecule has 0 saturated carbocycles. The Bertz CT molecular complexity index is 342. The van der Waals surface area contributed by atoms with Crippen LogP contribution in [0.5, 0.6) is 5.75 Å². The predicted molar refractivity (Wildman–Crippen MR) is 56.7 cm³/mol. The molecule has 0 radical (unpaired) electrons. The molecule has 0 aliphatic carbocycles. The van der Waals surface area contributed by atoms with Crippen LogP contribution in [0.1, 0.15) is 0 Å². The zero-order valence-electron chi connectivity index (χ0n) is 7.51. The van der Waals surface area contributed by atoms with Crippen LogP contribution in [0.4, 0.5) is 0 Å². The first-order valence-corrected chi connectivity index (χ1v) is 4.58. The number of nitrogens with one attached hydrogen (secondary N) is 1. The lowest BCUT2D eigenvalue weighted by Crippen LogP contribution is -2.11. The van der Waals surface area contributed by atoms with E-state index in [1.807, 2.05) is 0 Å². The van der Waals surface area contributed by atoms with Crippen LogP contribution in [0.2, 0.25) is 10.0 Å². The van der Waals surface area contributed by atoms with Gasteiger partial charge in [0, 0.05) is 6.07 Å². The molecule has 3 nitrogen and oxygen atoms in total. The fourth-order valence-electron chi connectivity index (χ4n) is 0.774. The van der Waals surface area contributed by atoms with Gasteiger partial charge >= 0.3 is 0 Å². The maximum atomic E-state index is 7.18. The highest BCUT2D eigenvalue weighted by molar-refractivity contribution is 6.42. The van der Waals surface area contributed by atoms with Gasteiger partial charge in [-0.2, -0.15) is 0 Å². The van der Waals surface area contributed by atoms with E-state index in [1.165, 1.54) is 7.11 Å². The molecule has 5 heteroatoms. The van der Waals surface area contributed by atoms with E-state index in [9.17, 15) is 0 Å². The Morgan fingerprint density at radius 2 is 2.07 bits per heavy atom. The summed E-state index contributed by atoms with van der Waals surface area (Å²) < 4.78 is 9.83. The molecule has 0 aromatic heterocycles. The van der Waals surface area contributed by atoms with Gasteiger partial charge < -0.3 is 9.47 Å². The fraction of sp³-hybridized carbons (Fsp3) is 0.222. The molecule has 0 heterocycles. The minimum atomic E-state index is 0.0519. The first kappa shape index (κ1) is 11.1. The van der Waals surface area contributed by atoms with Crippen LogP contribution < -0.4 is 4.74 Å². The zero-order chi connectivity index (χ0) is 10.6. The second-order valence-corrected chi connectivity index (χ2v) is 3.31. The number of benzene rings is 1. The Balaban J connectivity index is 2.60.